The molecule has 4 aromatic rings. The molecule has 1 aliphatic heterocycles. The van der Waals surface area contributed by atoms with Crippen molar-refractivity contribution in [1.82, 2.24) is 10.2 Å². The average molecular weight is 433 g/mol. The molecule has 3 aromatic carbocycles. The SMILES string of the molecule is Cc1cc(F)ccc1-c1ccc(C(=O)Nc2[nH]ncc2-c2ccc3c(c2)OCO3)cc1F. The molecule has 0 aliphatic carbocycles. The van der Waals surface area contributed by atoms with Crippen LogP contribution in [0.25, 0.3) is 22.3 Å². The van der Waals surface area contributed by atoms with E-state index in [1.54, 1.807) is 25.3 Å². The summed E-state index contributed by atoms with van der Waals surface area (Å²) in [6.45, 7) is 1.86. The van der Waals surface area contributed by atoms with E-state index in [0.29, 0.717) is 39.6 Å². The number of amides is 1. The van der Waals surface area contributed by atoms with Crippen LogP contribution in [0.2, 0.25) is 0 Å². The Balaban J connectivity index is 1.39. The number of aromatic amines is 1. The molecule has 8 heteroatoms. The lowest BCUT2D eigenvalue weighted by molar-refractivity contribution is 0.102. The monoisotopic (exact) mass is 433 g/mol. The molecule has 0 bridgehead atoms. The van der Waals surface area contributed by atoms with E-state index in [4.69, 9.17) is 9.47 Å². The first kappa shape index (κ1) is 19.7. The number of ether oxygens (including phenoxy) is 2. The van der Waals surface area contributed by atoms with Crippen LogP contribution in [0.3, 0.4) is 0 Å². The summed E-state index contributed by atoms with van der Waals surface area (Å²) in [6.07, 6.45) is 1.58. The molecule has 160 valence electrons. The fourth-order valence-electron chi connectivity index (χ4n) is 3.65. The molecule has 6 nitrogen and oxygen atoms in total. The molecular weight excluding hydrogens is 416 g/mol. The number of hydrogen-bond acceptors (Lipinski definition) is 4. The molecule has 1 amide bonds. The number of halogens is 2. The first-order valence-electron chi connectivity index (χ1n) is 9.80. The maximum Gasteiger partial charge on any atom is 0.256 e. The second kappa shape index (κ2) is 7.81. The first-order chi connectivity index (χ1) is 15.5. The molecule has 5 rings (SSSR count). The van der Waals surface area contributed by atoms with Crippen molar-refractivity contribution < 1.29 is 23.0 Å². The number of rotatable bonds is 4. The van der Waals surface area contributed by atoms with Gasteiger partial charge < -0.3 is 14.8 Å². The summed E-state index contributed by atoms with van der Waals surface area (Å²) in [6, 6.07) is 13.7. The largest absolute Gasteiger partial charge is 0.454 e. The lowest BCUT2D eigenvalue weighted by atomic mass is 9.98. The Labute approximate surface area is 181 Å². The number of nitrogens with one attached hydrogen (secondary N) is 2. The van der Waals surface area contributed by atoms with Crippen LogP contribution in [-0.4, -0.2) is 22.9 Å². The van der Waals surface area contributed by atoms with Crippen molar-refractivity contribution in [1.29, 1.82) is 0 Å². The highest BCUT2D eigenvalue weighted by atomic mass is 19.1. The Morgan fingerprint density at radius 2 is 1.78 bits per heavy atom. The van der Waals surface area contributed by atoms with Gasteiger partial charge in [-0.25, -0.2) is 8.78 Å². The second-order valence-corrected chi connectivity index (χ2v) is 7.33. The van der Waals surface area contributed by atoms with Crippen molar-refractivity contribution in [3.8, 4) is 33.8 Å². The van der Waals surface area contributed by atoms with Crippen molar-refractivity contribution >= 4 is 11.7 Å². The summed E-state index contributed by atoms with van der Waals surface area (Å²) in [7, 11) is 0. The van der Waals surface area contributed by atoms with Crippen LogP contribution >= 0.6 is 0 Å². The molecule has 0 radical (unpaired) electrons. The minimum Gasteiger partial charge on any atom is -0.454 e. The van der Waals surface area contributed by atoms with Gasteiger partial charge in [-0.1, -0.05) is 18.2 Å². The van der Waals surface area contributed by atoms with Crippen molar-refractivity contribution in [2.24, 2.45) is 0 Å². The lowest BCUT2D eigenvalue weighted by Gasteiger charge is -2.10. The van der Waals surface area contributed by atoms with Crippen LogP contribution in [0, 0.1) is 18.6 Å². The van der Waals surface area contributed by atoms with Gasteiger partial charge in [0.2, 0.25) is 6.79 Å². The third-order valence-electron chi connectivity index (χ3n) is 5.27. The van der Waals surface area contributed by atoms with Gasteiger partial charge >= 0.3 is 0 Å². The molecular formula is C24H17F2N3O3. The predicted octanol–water partition coefficient (Wildman–Crippen LogP) is 5.31. The fraction of sp³-hybridized carbons (Fsp3) is 0.0833. The molecule has 0 saturated heterocycles. The minimum absolute atomic E-state index is 0.136. The smallest absolute Gasteiger partial charge is 0.256 e. The van der Waals surface area contributed by atoms with Gasteiger partial charge in [-0.2, -0.15) is 5.10 Å². The van der Waals surface area contributed by atoms with Crippen LogP contribution in [0.4, 0.5) is 14.6 Å². The van der Waals surface area contributed by atoms with Crippen LogP contribution in [0.1, 0.15) is 15.9 Å². The third kappa shape index (κ3) is 3.56. The number of fused-ring (bicyclic) bond motifs is 1. The van der Waals surface area contributed by atoms with Crippen LogP contribution in [-0.2, 0) is 0 Å². The Morgan fingerprint density at radius 3 is 2.59 bits per heavy atom. The number of benzene rings is 3. The molecule has 0 unspecified atom stereocenters. The van der Waals surface area contributed by atoms with E-state index in [1.165, 1.54) is 30.3 Å². The molecule has 0 saturated carbocycles. The Bertz CT molecular complexity index is 1350. The zero-order chi connectivity index (χ0) is 22.2. The number of aromatic nitrogens is 2. The summed E-state index contributed by atoms with van der Waals surface area (Å²) >= 11 is 0. The van der Waals surface area contributed by atoms with Gasteiger partial charge in [0, 0.05) is 16.7 Å². The van der Waals surface area contributed by atoms with Crippen molar-refractivity contribution in [2.75, 3.05) is 12.1 Å². The Morgan fingerprint density at radius 1 is 0.969 bits per heavy atom. The molecule has 32 heavy (non-hydrogen) atoms. The number of anilines is 1. The van der Waals surface area contributed by atoms with E-state index >= 15 is 0 Å². The van der Waals surface area contributed by atoms with Crippen LogP contribution < -0.4 is 14.8 Å². The van der Waals surface area contributed by atoms with E-state index in [2.05, 4.69) is 15.5 Å². The molecule has 0 fully saturated rings. The second-order valence-electron chi connectivity index (χ2n) is 7.33. The maximum absolute atomic E-state index is 14.8. The first-order valence-corrected chi connectivity index (χ1v) is 9.80. The number of aryl methyl sites for hydroxylation is 1. The fourth-order valence-corrected chi connectivity index (χ4v) is 3.65. The van der Waals surface area contributed by atoms with E-state index in [1.807, 2.05) is 6.07 Å². The van der Waals surface area contributed by atoms with Gasteiger partial charge in [-0.15, -0.1) is 0 Å². The molecule has 1 aromatic heterocycles. The lowest BCUT2D eigenvalue weighted by Crippen LogP contribution is -2.13. The summed E-state index contributed by atoms with van der Waals surface area (Å²) in [5.41, 5.74) is 3.02. The van der Waals surface area contributed by atoms with Crippen LogP contribution in [0.15, 0.2) is 60.8 Å². The summed E-state index contributed by atoms with van der Waals surface area (Å²) < 4.78 is 38.9. The number of H-pyrrole nitrogens is 1. The topological polar surface area (TPSA) is 76.2 Å². The number of nitrogens with zero attached hydrogens (tertiary/aromatic N) is 1. The zero-order valence-electron chi connectivity index (χ0n) is 16.9. The molecule has 0 spiro atoms. The van der Waals surface area contributed by atoms with Gasteiger partial charge in [-0.3, -0.25) is 9.89 Å². The van der Waals surface area contributed by atoms with Crippen molar-refractivity contribution in [3.05, 3.63) is 83.6 Å². The van der Waals surface area contributed by atoms with Crippen LogP contribution in [0.5, 0.6) is 11.5 Å². The third-order valence-corrected chi connectivity index (χ3v) is 5.27. The van der Waals surface area contributed by atoms with E-state index in [9.17, 15) is 13.6 Å². The molecule has 2 N–H and O–H groups in total. The Hall–Kier alpha value is -4.20. The maximum atomic E-state index is 14.8. The number of hydrogen-bond donors (Lipinski definition) is 2. The highest BCUT2D eigenvalue weighted by molar-refractivity contribution is 6.05. The number of carbonyl (C=O) groups excluding carboxylic acids is 1. The number of carbonyl (C=O) groups is 1. The van der Waals surface area contributed by atoms with E-state index in [0.717, 1.165) is 11.6 Å². The molecule has 1 aliphatic rings. The van der Waals surface area contributed by atoms with Gasteiger partial charge in [-0.05, 0) is 60.0 Å². The quantitative estimate of drug-likeness (QED) is 0.457. The molecule has 0 atom stereocenters. The van der Waals surface area contributed by atoms with Gasteiger partial charge in [0.1, 0.15) is 17.5 Å². The standard InChI is InChI=1S/C24H17F2N3O3/c1-13-8-16(25)4-6-17(13)18-5-2-15(9-20(18)26)24(30)28-23-19(11-27-29-23)14-3-7-21-22(10-14)32-12-31-21/h2-11H,12H2,1H3,(H2,27,28,29,30). The zero-order valence-corrected chi connectivity index (χ0v) is 16.9. The Kier molecular flexibility index (Phi) is 4.82. The van der Waals surface area contributed by atoms with Crippen molar-refractivity contribution in [2.45, 2.75) is 6.92 Å². The summed E-state index contributed by atoms with van der Waals surface area (Å²) in [5, 5.41) is 9.50. The molecule has 2 heterocycles. The van der Waals surface area contributed by atoms with Gasteiger partial charge in [0.15, 0.2) is 11.5 Å². The van der Waals surface area contributed by atoms with Crippen molar-refractivity contribution in [3.63, 3.8) is 0 Å². The summed E-state index contributed by atoms with van der Waals surface area (Å²) in [5.74, 6) is 0.156. The summed E-state index contributed by atoms with van der Waals surface area (Å²) in [4.78, 5) is 12.8. The predicted molar refractivity (Wildman–Crippen MR) is 115 cm³/mol. The average Bonchev–Trinajstić information content (AvgIpc) is 3.43. The van der Waals surface area contributed by atoms with Gasteiger partial charge in [0.25, 0.3) is 5.91 Å². The van der Waals surface area contributed by atoms with E-state index in [-0.39, 0.29) is 18.2 Å². The highest BCUT2D eigenvalue weighted by Crippen LogP contribution is 2.37. The van der Waals surface area contributed by atoms with E-state index < -0.39 is 11.7 Å². The normalized spacial score (nSPS) is 12.1. The van der Waals surface area contributed by atoms with Gasteiger partial charge in [0.05, 0.1) is 6.20 Å². The highest BCUT2D eigenvalue weighted by Gasteiger charge is 2.18. The minimum atomic E-state index is -0.576.